The molecule has 0 aromatic carbocycles. The number of halogens is 3. The molecule has 0 bridgehead atoms. The van der Waals surface area contributed by atoms with Crippen molar-refractivity contribution in [2.45, 2.75) is 38.5 Å². The van der Waals surface area contributed by atoms with E-state index in [2.05, 4.69) is 0 Å². The Morgan fingerprint density at radius 1 is 1.47 bits per heavy atom. The third kappa shape index (κ3) is 4.22. The van der Waals surface area contributed by atoms with E-state index in [9.17, 15) is 18.3 Å². The fraction of sp³-hybridized carbons (Fsp3) is 0.600. The van der Waals surface area contributed by atoms with E-state index in [-0.39, 0.29) is 12.8 Å². The minimum atomic E-state index is -4.12. The normalized spacial score (nSPS) is 14.2. The van der Waals surface area contributed by atoms with Crippen LogP contribution in [-0.4, -0.2) is 11.3 Å². The zero-order chi connectivity index (χ0) is 11.5. The summed E-state index contributed by atoms with van der Waals surface area (Å²) in [5, 5.41) is 11.5. The van der Waals surface area contributed by atoms with E-state index in [1.165, 1.54) is 11.3 Å². The monoisotopic (exact) mass is 238 g/mol. The first-order valence-electron chi connectivity index (χ1n) is 4.69. The molecule has 0 saturated heterocycles. The van der Waals surface area contributed by atoms with E-state index in [0.29, 0.717) is 0 Å². The summed E-state index contributed by atoms with van der Waals surface area (Å²) in [5.41, 5.74) is 0.944. The Balaban J connectivity index is 2.37. The fourth-order valence-electron chi connectivity index (χ4n) is 1.35. The first-order valence-corrected chi connectivity index (χ1v) is 5.57. The van der Waals surface area contributed by atoms with Crippen molar-refractivity contribution in [1.82, 2.24) is 0 Å². The van der Waals surface area contributed by atoms with Gasteiger partial charge in [0.15, 0.2) is 0 Å². The summed E-state index contributed by atoms with van der Waals surface area (Å²) >= 11 is 1.38. The molecule has 15 heavy (non-hydrogen) atoms. The number of aliphatic hydroxyl groups excluding tert-OH is 1. The molecule has 1 aromatic rings. The van der Waals surface area contributed by atoms with Gasteiger partial charge in [-0.15, -0.1) is 11.3 Å². The lowest BCUT2D eigenvalue weighted by Crippen LogP contribution is -2.07. The van der Waals surface area contributed by atoms with Gasteiger partial charge in [-0.05, 0) is 36.8 Å². The molecule has 1 rings (SSSR count). The Bertz CT molecular complexity index is 306. The van der Waals surface area contributed by atoms with Crippen LogP contribution < -0.4 is 0 Å². The molecule has 0 amide bonds. The van der Waals surface area contributed by atoms with E-state index in [4.69, 9.17) is 0 Å². The Morgan fingerprint density at radius 3 is 2.60 bits per heavy atom. The standard InChI is InChI=1S/C10H13F3OS/c1-7-4-6-15-9(7)8(14)3-2-5-10(11,12)13/h4,6,8,14H,2-3,5H2,1H3. The maximum atomic E-state index is 11.8. The second-order valence-corrected chi connectivity index (χ2v) is 4.44. The summed E-state index contributed by atoms with van der Waals surface area (Å²) in [6.45, 7) is 1.85. The molecule has 1 heterocycles. The lowest BCUT2D eigenvalue weighted by molar-refractivity contribution is -0.136. The smallest absolute Gasteiger partial charge is 0.388 e. The predicted octanol–water partition coefficient (Wildman–Crippen LogP) is 3.82. The van der Waals surface area contributed by atoms with Gasteiger partial charge in [0.05, 0.1) is 6.10 Å². The molecule has 1 unspecified atom stereocenters. The summed E-state index contributed by atoms with van der Waals surface area (Å²) in [7, 11) is 0. The van der Waals surface area contributed by atoms with Crippen LogP contribution in [0.25, 0.3) is 0 Å². The molecule has 1 nitrogen and oxygen atoms in total. The van der Waals surface area contributed by atoms with E-state index < -0.39 is 18.7 Å². The Morgan fingerprint density at radius 2 is 2.13 bits per heavy atom. The Kier molecular flexibility index (Phi) is 4.16. The average Bonchev–Trinajstić information content (AvgIpc) is 2.48. The summed E-state index contributed by atoms with van der Waals surface area (Å²) in [4.78, 5) is 0.775. The van der Waals surface area contributed by atoms with Crippen LogP contribution in [0.4, 0.5) is 13.2 Å². The van der Waals surface area contributed by atoms with Crippen molar-refractivity contribution in [1.29, 1.82) is 0 Å². The molecular formula is C10H13F3OS. The molecule has 0 radical (unpaired) electrons. The summed E-state index contributed by atoms with van der Waals surface area (Å²) in [5.74, 6) is 0. The van der Waals surface area contributed by atoms with Crippen LogP contribution in [0, 0.1) is 6.92 Å². The lowest BCUT2D eigenvalue weighted by atomic mass is 10.1. The van der Waals surface area contributed by atoms with Crippen molar-refractivity contribution in [3.8, 4) is 0 Å². The highest BCUT2D eigenvalue weighted by Crippen LogP contribution is 2.30. The van der Waals surface area contributed by atoms with Gasteiger partial charge in [0.25, 0.3) is 0 Å². The number of thiophene rings is 1. The molecule has 86 valence electrons. The van der Waals surface area contributed by atoms with Crippen molar-refractivity contribution in [2.24, 2.45) is 0 Å². The van der Waals surface area contributed by atoms with Gasteiger partial charge < -0.3 is 5.11 Å². The highest BCUT2D eigenvalue weighted by molar-refractivity contribution is 7.10. The number of hydrogen-bond donors (Lipinski definition) is 1. The minimum absolute atomic E-state index is 0.0258. The van der Waals surface area contributed by atoms with Gasteiger partial charge in [-0.2, -0.15) is 13.2 Å². The first-order chi connectivity index (χ1) is 6.90. The van der Waals surface area contributed by atoms with E-state index in [0.717, 1.165) is 10.4 Å². The van der Waals surface area contributed by atoms with Gasteiger partial charge in [-0.1, -0.05) is 0 Å². The van der Waals surface area contributed by atoms with Gasteiger partial charge in [0.2, 0.25) is 0 Å². The maximum absolute atomic E-state index is 11.8. The van der Waals surface area contributed by atoms with Crippen LogP contribution in [0.3, 0.4) is 0 Å². The quantitative estimate of drug-likeness (QED) is 0.845. The number of aliphatic hydroxyl groups is 1. The molecule has 0 aliphatic rings. The van der Waals surface area contributed by atoms with Gasteiger partial charge in [0.1, 0.15) is 0 Å². The van der Waals surface area contributed by atoms with Gasteiger partial charge in [-0.25, -0.2) is 0 Å². The minimum Gasteiger partial charge on any atom is -0.388 e. The molecule has 0 spiro atoms. The van der Waals surface area contributed by atoms with Gasteiger partial charge >= 0.3 is 6.18 Å². The molecule has 0 aliphatic heterocycles. The molecule has 0 aliphatic carbocycles. The van der Waals surface area contributed by atoms with E-state index in [1.807, 2.05) is 18.4 Å². The number of aryl methyl sites for hydroxylation is 1. The van der Waals surface area contributed by atoms with Crippen molar-refractivity contribution in [2.75, 3.05) is 0 Å². The van der Waals surface area contributed by atoms with Crippen molar-refractivity contribution >= 4 is 11.3 Å². The number of rotatable bonds is 4. The van der Waals surface area contributed by atoms with Gasteiger partial charge in [-0.3, -0.25) is 0 Å². The van der Waals surface area contributed by atoms with Crippen molar-refractivity contribution in [3.05, 3.63) is 21.9 Å². The van der Waals surface area contributed by atoms with Crippen LogP contribution in [0.2, 0.25) is 0 Å². The first kappa shape index (κ1) is 12.5. The highest BCUT2D eigenvalue weighted by atomic mass is 32.1. The second-order valence-electron chi connectivity index (χ2n) is 3.49. The number of hydrogen-bond acceptors (Lipinski definition) is 2. The predicted molar refractivity (Wildman–Crippen MR) is 53.9 cm³/mol. The van der Waals surface area contributed by atoms with Crippen LogP contribution in [0.5, 0.6) is 0 Å². The lowest BCUT2D eigenvalue weighted by Gasteiger charge is -2.11. The molecule has 0 saturated carbocycles. The maximum Gasteiger partial charge on any atom is 0.389 e. The zero-order valence-corrected chi connectivity index (χ0v) is 9.16. The van der Waals surface area contributed by atoms with Crippen LogP contribution in [0.1, 0.15) is 35.8 Å². The average molecular weight is 238 g/mol. The van der Waals surface area contributed by atoms with E-state index >= 15 is 0 Å². The van der Waals surface area contributed by atoms with Gasteiger partial charge in [0, 0.05) is 11.3 Å². The highest BCUT2D eigenvalue weighted by Gasteiger charge is 2.26. The van der Waals surface area contributed by atoms with Crippen LogP contribution >= 0.6 is 11.3 Å². The molecule has 1 N–H and O–H groups in total. The molecule has 0 fully saturated rings. The Hall–Kier alpha value is -0.550. The summed E-state index contributed by atoms with van der Waals surface area (Å²) < 4.78 is 35.5. The molecule has 1 atom stereocenters. The SMILES string of the molecule is Cc1ccsc1C(O)CCCC(F)(F)F. The molecule has 5 heteroatoms. The third-order valence-corrected chi connectivity index (χ3v) is 3.26. The number of alkyl halides is 3. The summed E-state index contributed by atoms with van der Waals surface area (Å²) in [6, 6.07) is 1.85. The Labute approximate surface area is 90.6 Å². The largest absolute Gasteiger partial charge is 0.389 e. The third-order valence-electron chi connectivity index (χ3n) is 2.14. The zero-order valence-electron chi connectivity index (χ0n) is 8.34. The van der Waals surface area contributed by atoms with E-state index in [1.54, 1.807) is 0 Å². The molecular weight excluding hydrogens is 225 g/mol. The second kappa shape index (κ2) is 4.99. The van der Waals surface area contributed by atoms with Crippen molar-refractivity contribution < 1.29 is 18.3 Å². The topological polar surface area (TPSA) is 20.2 Å². The molecule has 1 aromatic heterocycles. The fourth-order valence-corrected chi connectivity index (χ4v) is 2.30. The van der Waals surface area contributed by atoms with Crippen molar-refractivity contribution in [3.63, 3.8) is 0 Å². The van der Waals surface area contributed by atoms with Crippen LogP contribution in [0.15, 0.2) is 11.4 Å². The summed E-state index contributed by atoms with van der Waals surface area (Å²) in [6.07, 6.45) is -5.56. The van der Waals surface area contributed by atoms with Crippen LogP contribution in [-0.2, 0) is 0 Å².